The highest BCUT2D eigenvalue weighted by Gasteiger charge is 2.28. The molecule has 2 rings (SSSR count). The highest BCUT2D eigenvalue weighted by Crippen LogP contribution is 2.16. The number of benzene rings is 1. The number of hydrogen-bond donors (Lipinski definition) is 1. The van der Waals surface area contributed by atoms with Gasteiger partial charge < -0.3 is 9.47 Å². The van der Waals surface area contributed by atoms with E-state index in [0.29, 0.717) is 0 Å². The number of carbonyl (C=O) groups is 2. The van der Waals surface area contributed by atoms with E-state index in [2.05, 4.69) is 5.10 Å². The summed E-state index contributed by atoms with van der Waals surface area (Å²) in [6, 6.07) is 9.29. The van der Waals surface area contributed by atoms with Crippen LogP contribution in [-0.4, -0.2) is 67.4 Å². The second kappa shape index (κ2) is 11.1. The Morgan fingerprint density at radius 3 is 2.39 bits per heavy atom. The quantitative estimate of drug-likeness (QED) is 0.509. The Hall–Kier alpha value is -3.12. The van der Waals surface area contributed by atoms with Crippen molar-refractivity contribution in [2.24, 2.45) is 7.05 Å². The molecule has 1 aromatic heterocycles. The summed E-state index contributed by atoms with van der Waals surface area (Å²) in [5.74, 6) is -0.441. The fourth-order valence-corrected chi connectivity index (χ4v) is 3.79. The number of hydrogen-bond acceptors (Lipinski definition) is 8. The molecular formula is C21H31N5O6S. The smallest absolute Gasteiger partial charge is 0.422 e. The number of nitrogens with zero attached hydrogens (tertiary/aromatic N) is 4. The van der Waals surface area contributed by atoms with Crippen molar-refractivity contribution in [2.75, 3.05) is 31.0 Å². The molecule has 1 aromatic carbocycles. The molecule has 33 heavy (non-hydrogen) atoms. The zero-order chi connectivity index (χ0) is 24.6. The van der Waals surface area contributed by atoms with Gasteiger partial charge in [0.2, 0.25) is 0 Å². The first kappa shape index (κ1) is 26.1. The van der Waals surface area contributed by atoms with Gasteiger partial charge >= 0.3 is 22.3 Å². The third-order valence-corrected chi connectivity index (χ3v) is 5.61. The molecule has 1 heterocycles. The van der Waals surface area contributed by atoms with E-state index in [-0.39, 0.29) is 31.9 Å². The maximum atomic E-state index is 12.9. The largest absolute Gasteiger partial charge is 0.460 e. The summed E-state index contributed by atoms with van der Waals surface area (Å²) in [4.78, 5) is 25.8. The summed E-state index contributed by atoms with van der Waals surface area (Å²) in [6.45, 7) is 5.14. The average molecular weight is 482 g/mol. The Morgan fingerprint density at radius 1 is 1.15 bits per heavy atom. The minimum atomic E-state index is -4.29. The second-order valence-electron chi connectivity index (χ2n) is 8.44. The molecular weight excluding hydrogens is 450 g/mol. The normalized spacial score (nSPS) is 11.8. The lowest BCUT2D eigenvalue weighted by Crippen LogP contribution is -2.47. The maximum absolute atomic E-state index is 12.9. The van der Waals surface area contributed by atoms with Crippen LogP contribution in [0.3, 0.4) is 0 Å². The van der Waals surface area contributed by atoms with Gasteiger partial charge in [-0.3, -0.25) is 14.4 Å². The van der Waals surface area contributed by atoms with Crippen LogP contribution in [0.5, 0.6) is 0 Å². The number of rotatable bonds is 10. The molecule has 0 aliphatic rings. The fraction of sp³-hybridized carbons (Fsp3) is 0.476. The molecule has 0 radical (unpaired) electrons. The summed E-state index contributed by atoms with van der Waals surface area (Å²) >= 11 is 0. The van der Waals surface area contributed by atoms with Crippen molar-refractivity contribution in [1.29, 1.82) is 0 Å². The number of esters is 1. The number of nitrogens with one attached hydrogen (secondary N) is 1. The van der Waals surface area contributed by atoms with Gasteiger partial charge in [-0.25, -0.2) is 13.8 Å². The summed E-state index contributed by atoms with van der Waals surface area (Å²) in [6.07, 6.45) is 1.78. The predicted octanol–water partition coefficient (Wildman–Crippen LogP) is 1.67. The van der Waals surface area contributed by atoms with Crippen LogP contribution in [0, 0.1) is 0 Å². The molecule has 0 spiro atoms. The Balaban J connectivity index is 1.99. The third kappa shape index (κ3) is 9.10. The molecule has 11 nitrogen and oxygen atoms in total. The van der Waals surface area contributed by atoms with Crippen LogP contribution >= 0.6 is 0 Å². The van der Waals surface area contributed by atoms with E-state index in [1.165, 1.54) is 17.1 Å². The average Bonchev–Trinajstić information content (AvgIpc) is 3.10. The van der Waals surface area contributed by atoms with Gasteiger partial charge in [-0.05, 0) is 33.4 Å². The van der Waals surface area contributed by atoms with Gasteiger partial charge in [-0.1, -0.05) is 30.3 Å². The first-order valence-corrected chi connectivity index (χ1v) is 11.7. The lowest BCUT2D eigenvalue weighted by Gasteiger charge is -2.26. The molecule has 0 atom stereocenters. The molecule has 0 bridgehead atoms. The van der Waals surface area contributed by atoms with Crippen molar-refractivity contribution in [3.63, 3.8) is 0 Å². The number of anilines is 1. The highest BCUT2D eigenvalue weighted by atomic mass is 32.2. The van der Waals surface area contributed by atoms with E-state index in [9.17, 15) is 18.0 Å². The Morgan fingerprint density at radius 2 is 1.82 bits per heavy atom. The van der Waals surface area contributed by atoms with Crippen molar-refractivity contribution in [1.82, 2.24) is 19.4 Å². The van der Waals surface area contributed by atoms with E-state index in [0.717, 1.165) is 9.87 Å². The molecule has 1 N–H and O–H groups in total. The number of aryl methyl sites for hydroxylation is 1. The standard InChI is InChI=1S/C21H31N5O6S/c1-21(2,3)32-20(28)23-33(29,30)26(18-13-22-25(5)14-18)12-11-24(4)15-19(27)31-16-17-9-7-6-8-10-17/h6-10,13-14H,11-12,15-16H2,1-5H3,(H,23,28). The molecule has 0 saturated carbocycles. The van der Waals surface area contributed by atoms with Gasteiger partial charge in [0.25, 0.3) is 0 Å². The van der Waals surface area contributed by atoms with Gasteiger partial charge in [0.15, 0.2) is 0 Å². The molecule has 0 saturated heterocycles. The molecule has 0 aliphatic heterocycles. The highest BCUT2D eigenvalue weighted by molar-refractivity contribution is 7.91. The predicted molar refractivity (Wildman–Crippen MR) is 123 cm³/mol. The maximum Gasteiger partial charge on any atom is 0.422 e. The summed E-state index contributed by atoms with van der Waals surface area (Å²) in [7, 11) is -0.982. The first-order valence-electron chi connectivity index (χ1n) is 10.3. The Bertz CT molecular complexity index is 1030. The topological polar surface area (TPSA) is 123 Å². The fourth-order valence-electron chi connectivity index (χ4n) is 2.73. The van der Waals surface area contributed by atoms with Crippen LogP contribution in [0.25, 0.3) is 0 Å². The van der Waals surface area contributed by atoms with Crippen LogP contribution < -0.4 is 9.03 Å². The van der Waals surface area contributed by atoms with Gasteiger partial charge in [0.1, 0.15) is 12.2 Å². The van der Waals surface area contributed by atoms with Gasteiger partial charge in [-0.2, -0.15) is 13.5 Å². The summed E-state index contributed by atoms with van der Waals surface area (Å²) in [5, 5.41) is 4.00. The van der Waals surface area contributed by atoms with E-state index in [4.69, 9.17) is 9.47 Å². The van der Waals surface area contributed by atoms with E-state index < -0.39 is 27.9 Å². The summed E-state index contributed by atoms with van der Waals surface area (Å²) in [5.41, 5.74) is 0.267. The molecule has 2 aromatic rings. The monoisotopic (exact) mass is 481 g/mol. The second-order valence-corrected chi connectivity index (χ2v) is 10.0. The van der Waals surface area contributed by atoms with Crippen molar-refractivity contribution in [2.45, 2.75) is 33.0 Å². The number of amides is 1. The van der Waals surface area contributed by atoms with E-state index >= 15 is 0 Å². The molecule has 182 valence electrons. The summed E-state index contributed by atoms with van der Waals surface area (Å²) < 4.78 is 40.5. The van der Waals surface area contributed by atoms with Gasteiger partial charge in [-0.15, -0.1) is 0 Å². The van der Waals surface area contributed by atoms with E-state index in [1.807, 2.05) is 35.1 Å². The van der Waals surface area contributed by atoms with Gasteiger partial charge in [0.05, 0.1) is 18.4 Å². The van der Waals surface area contributed by atoms with Crippen LogP contribution in [0.4, 0.5) is 10.5 Å². The van der Waals surface area contributed by atoms with Crippen molar-refractivity contribution in [3.8, 4) is 0 Å². The Kier molecular flexibility index (Phi) is 8.83. The van der Waals surface area contributed by atoms with Crippen LogP contribution in [-0.2, 0) is 38.1 Å². The van der Waals surface area contributed by atoms with Crippen LogP contribution in [0.1, 0.15) is 26.3 Å². The van der Waals surface area contributed by atoms with E-state index in [1.54, 1.807) is 39.8 Å². The number of carbonyl (C=O) groups excluding carboxylic acids is 2. The Labute approximate surface area is 194 Å². The number of aromatic nitrogens is 2. The molecule has 0 fully saturated rings. The third-order valence-electron chi connectivity index (χ3n) is 4.21. The zero-order valence-corrected chi connectivity index (χ0v) is 20.3. The molecule has 0 unspecified atom stereocenters. The first-order chi connectivity index (χ1) is 15.4. The number of likely N-dealkylation sites (N-methyl/N-ethyl adjacent to an activating group) is 1. The molecule has 1 amide bonds. The van der Waals surface area contributed by atoms with Crippen LogP contribution in [0.15, 0.2) is 42.7 Å². The van der Waals surface area contributed by atoms with Crippen LogP contribution in [0.2, 0.25) is 0 Å². The molecule has 12 heteroatoms. The lowest BCUT2D eigenvalue weighted by atomic mass is 10.2. The van der Waals surface area contributed by atoms with Crippen molar-refractivity contribution >= 4 is 28.0 Å². The van der Waals surface area contributed by atoms with Gasteiger partial charge in [0, 0.05) is 26.3 Å². The van der Waals surface area contributed by atoms with Crippen molar-refractivity contribution in [3.05, 3.63) is 48.3 Å². The SMILES string of the molecule is CN(CCN(c1cnn(C)c1)S(=O)(=O)NC(=O)OC(C)(C)C)CC(=O)OCc1ccccc1. The zero-order valence-electron chi connectivity index (χ0n) is 19.5. The molecule has 0 aliphatic carbocycles. The number of ether oxygens (including phenoxy) is 2. The lowest BCUT2D eigenvalue weighted by molar-refractivity contribution is -0.145. The minimum absolute atomic E-state index is 0.0345. The van der Waals surface area contributed by atoms with Crippen molar-refractivity contribution < 1.29 is 27.5 Å². The minimum Gasteiger partial charge on any atom is -0.460 e.